The number of rotatable bonds is 6. The van der Waals surface area contributed by atoms with Crippen LogP contribution in [0, 0.1) is 0 Å². The molecule has 1 N–H and O–H groups in total. The summed E-state index contributed by atoms with van der Waals surface area (Å²) < 4.78 is 0. The third-order valence-corrected chi connectivity index (χ3v) is 3.87. The highest BCUT2D eigenvalue weighted by Gasteiger charge is 2.03. The first-order chi connectivity index (χ1) is 7.67. The zero-order valence-electron chi connectivity index (χ0n) is 10.4. The van der Waals surface area contributed by atoms with Crippen molar-refractivity contribution in [3.05, 3.63) is 42.0 Å². The first-order valence-electron chi connectivity index (χ1n) is 5.74. The summed E-state index contributed by atoms with van der Waals surface area (Å²) in [4.78, 5) is 1.33. The molecule has 1 aromatic carbocycles. The lowest BCUT2D eigenvalue weighted by atomic mass is 10.1. The number of hydrogen-bond donors (Lipinski definition) is 1. The van der Waals surface area contributed by atoms with Crippen LogP contribution >= 0.6 is 11.8 Å². The lowest BCUT2D eigenvalue weighted by molar-refractivity contribution is 0.651. The number of thioether (sulfide) groups is 1. The van der Waals surface area contributed by atoms with Gasteiger partial charge in [0.05, 0.1) is 0 Å². The van der Waals surface area contributed by atoms with Crippen molar-refractivity contribution in [3.63, 3.8) is 0 Å². The first-order valence-corrected chi connectivity index (χ1v) is 6.72. The molecule has 1 atom stereocenters. The molecule has 1 rings (SSSR count). The van der Waals surface area contributed by atoms with Crippen molar-refractivity contribution in [2.45, 2.75) is 31.2 Å². The summed E-state index contributed by atoms with van der Waals surface area (Å²) in [6, 6.07) is 9.13. The van der Waals surface area contributed by atoms with Crippen LogP contribution in [0.3, 0.4) is 0 Å². The predicted octanol–water partition coefficient (Wildman–Crippen LogP) is 4.03. The monoisotopic (exact) mass is 235 g/mol. The van der Waals surface area contributed by atoms with Crippen LogP contribution in [0.4, 0.5) is 0 Å². The summed E-state index contributed by atoms with van der Waals surface area (Å²) in [5, 5.41) is 3.26. The summed E-state index contributed by atoms with van der Waals surface area (Å²) >= 11 is 1.87. The van der Waals surface area contributed by atoms with Gasteiger partial charge in [-0.3, -0.25) is 0 Å². The normalized spacial score (nSPS) is 12.4. The molecular weight excluding hydrogens is 214 g/mol. The molecule has 0 fully saturated rings. The van der Waals surface area contributed by atoms with E-state index in [2.05, 4.69) is 50.0 Å². The van der Waals surface area contributed by atoms with E-state index < -0.39 is 0 Å². The maximum Gasteiger partial charge on any atom is 0.0289 e. The van der Waals surface area contributed by atoms with Crippen LogP contribution in [0.5, 0.6) is 0 Å². The molecule has 0 amide bonds. The molecule has 0 aromatic heterocycles. The zero-order valence-corrected chi connectivity index (χ0v) is 11.2. The van der Waals surface area contributed by atoms with E-state index in [4.69, 9.17) is 0 Å². The van der Waals surface area contributed by atoms with E-state index in [9.17, 15) is 0 Å². The lowest BCUT2D eigenvalue weighted by Crippen LogP contribution is -2.12. The van der Waals surface area contributed by atoms with E-state index in [1.807, 2.05) is 18.8 Å². The van der Waals surface area contributed by atoms with Crippen molar-refractivity contribution in [1.29, 1.82) is 0 Å². The van der Waals surface area contributed by atoms with Crippen LogP contribution in [0.25, 0.3) is 0 Å². The van der Waals surface area contributed by atoms with E-state index in [1.54, 1.807) is 0 Å². The second kappa shape index (κ2) is 6.77. The number of hydrogen-bond acceptors (Lipinski definition) is 2. The van der Waals surface area contributed by atoms with Crippen molar-refractivity contribution >= 4 is 11.8 Å². The highest BCUT2D eigenvalue weighted by molar-refractivity contribution is 7.99. The van der Waals surface area contributed by atoms with Gasteiger partial charge in [-0.05, 0) is 38.1 Å². The molecule has 0 spiro atoms. The van der Waals surface area contributed by atoms with Gasteiger partial charge >= 0.3 is 0 Å². The largest absolute Gasteiger partial charge is 0.313 e. The average molecular weight is 235 g/mol. The molecule has 0 heterocycles. The molecule has 0 saturated heterocycles. The van der Waals surface area contributed by atoms with Crippen LogP contribution in [0.1, 0.15) is 31.9 Å². The second-order valence-corrected chi connectivity index (χ2v) is 5.02. The quantitative estimate of drug-likeness (QED) is 0.590. The summed E-state index contributed by atoms with van der Waals surface area (Å²) in [6.45, 7) is 8.36. The Morgan fingerprint density at radius 3 is 2.88 bits per heavy atom. The van der Waals surface area contributed by atoms with Crippen molar-refractivity contribution < 1.29 is 0 Å². The molecule has 88 valence electrons. The van der Waals surface area contributed by atoms with Gasteiger partial charge in [-0.25, -0.2) is 0 Å². The SMILES string of the molecule is C=C(CC)CSc1cccc(C(C)NC)c1. The Hall–Kier alpha value is -0.730. The molecule has 0 saturated carbocycles. The standard InChI is InChI=1S/C14H21NS/c1-5-11(2)10-16-14-8-6-7-13(9-14)12(3)15-4/h6-9,12,15H,2,5,10H2,1,3-4H3. The van der Waals surface area contributed by atoms with Crippen LogP contribution in [0.15, 0.2) is 41.3 Å². The van der Waals surface area contributed by atoms with Gasteiger partial charge < -0.3 is 5.32 Å². The zero-order chi connectivity index (χ0) is 12.0. The lowest BCUT2D eigenvalue weighted by Gasteiger charge is -2.12. The Morgan fingerprint density at radius 1 is 1.50 bits per heavy atom. The fourth-order valence-corrected chi connectivity index (χ4v) is 2.30. The van der Waals surface area contributed by atoms with Crippen LogP contribution in [-0.2, 0) is 0 Å². The average Bonchev–Trinajstić information content (AvgIpc) is 2.35. The Bertz CT molecular complexity index is 346. The fourth-order valence-electron chi connectivity index (χ4n) is 1.33. The fraction of sp³-hybridized carbons (Fsp3) is 0.429. The van der Waals surface area contributed by atoms with Crippen LogP contribution < -0.4 is 5.32 Å². The van der Waals surface area contributed by atoms with Crippen LogP contribution in [-0.4, -0.2) is 12.8 Å². The van der Waals surface area contributed by atoms with E-state index in [0.717, 1.165) is 12.2 Å². The molecule has 16 heavy (non-hydrogen) atoms. The summed E-state index contributed by atoms with van der Waals surface area (Å²) in [6.07, 6.45) is 1.07. The second-order valence-electron chi connectivity index (χ2n) is 3.98. The number of nitrogens with one attached hydrogen (secondary N) is 1. The van der Waals surface area contributed by atoms with Gasteiger partial charge in [-0.2, -0.15) is 0 Å². The third kappa shape index (κ3) is 4.03. The highest BCUT2D eigenvalue weighted by Crippen LogP contribution is 2.24. The van der Waals surface area contributed by atoms with Crippen molar-refractivity contribution in [3.8, 4) is 0 Å². The molecule has 0 aliphatic heterocycles. The molecule has 1 nitrogen and oxygen atoms in total. The smallest absolute Gasteiger partial charge is 0.0289 e. The molecule has 2 heteroatoms. The Labute approximate surface area is 103 Å². The van der Waals surface area contributed by atoms with Gasteiger partial charge in [0.25, 0.3) is 0 Å². The van der Waals surface area contributed by atoms with E-state index in [1.165, 1.54) is 16.0 Å². The molecule has 1 unspecified atom stereocenters. The minimum absolute atomic E-state index is 0.412. The first kappa shape index (κ1) is 13.3. The summed E-state index contributed by atoms with van der Waals surface area (Å²) in [5.41, 5.74) is 2.65. The Kier molecular flexibility index (Phi) is 5.64. The predicted molar refractivity (Wildman–Crippen MR) is 74.1 cm³/mol. The Balaban J connectivity index is 2.64. The maximum absolute atomic E-state index is 4.03. The third-order valence-electron chi connectivity index (χ3n) is 2.73. The minimum Gasteiger partial charge on any atom is -0.313 e. The van der Waals surface area contributed by atoms with Gasteiger partial charge in [0.2, 0.25) is 0 Å². The maximum atomic E-state index is 4.03. The highest BCUT2D eigenvalue weighted by atomic mass is 32.2. The summed E-state index contributed by atoms with van der Waals surface area (Å²) in [7, 11) is 1.99. The topological polar surface area (TPSA) is 12.0 Å². The van der Waals surface area contributed by atoms with E-state index in [0.29, 0.717) is 6.04 Å². The number of benzene rings is 1. The van der Waals surface area contributed by atoms with Gasteiger partial charge in [0.15, 0.2) is 0 Å². The molecular formula is C14H21NS. The molecule has 0 bridgehead atoms. The van der Waals surface area contributed by atoms with Crippen molar-refractivity contribution in [2.24, 2.45) is 0 Å². The van der Waals surface area contributed by atoms with Gasteiger partial charge in [-0.1, -0.05) is 31.2 Å². The van der Waals surface area contributed by atoms with Crippen molar-refractivity contribution in [1.82, 2.24) is 5.32 Å². The van der Waals surface area contributed by atoms with E-state index in [-0.39, 0.29) is 0 Å². The van der Waals surface area contributed by atoms with Gasteiger partial charge in [0.1, 0.15) is 0 Å². The van der Waals surface area contributed by atoms with Crippen molar-refractivity contribution in [2.75, 3.05) is 12.8 Å². The van der Waals surface area contributed by atoms with Gasteiger partial charge in [-0.15, -0.1) is 11.8 Å². The molecule has 0 aliphatic rings. The molecule has 1 aromatic rings. The molecule has 0 aliphatic carbocycles. The van der Waals surface area contributed by atoms with Crippen LogP contribution in [0.2, 0.25) is 0 Å². The Morgan fingerprint density at radius 2 is 2.25 bits per heavy atom. The van der Waals surface area contributed by atoms with Gasteiger partial charge in [0, 0.05) is 16.7 Å². The summed E-state index contributed by atoms with van der Waals surface area (Å²) in [5.74, 6) is 1.02. The van der Waals surface area contributed by atoms with E-state index >= 15 is 0 Å². The minimum atomic E-state index is 0.412. The molecule has 0 radical (unpaired) electrons.